The van der Waals surface area contributed by atoms with Gasteiger partial charge in [0.1, 0.15) is 0 Å². The fourth-order valence-electron chi connectivity index (χ4n) is 1.56. The van der Waals surface area contributed by atoms with Crippen molar-refractivity contribution in [2.24, 2.45) is 5.92 Å². The highest BCUT2D eigenvalue weighted by atomic mass is 14.9. The van der Waals surface area contributed by atoms with Gasteiger partial charge in [-0.05, 0) is 31.7 Å². The third-order valence-electron chi connectivity index (χ3n) is 2.82. The molecule has 1 aliphatic carbocycles. The van der Waals surface area contributed by atoms with Crippen molar-refractivity contribution in [3.8, 4) is 0 Å². The molecule has 1 fully saturated rings. The first-order chi connectivity index (χ1) is 5.86. The summed E-state index contributed by atoms with van der Waals surface area (Å²) in [4.78, 5) is 0. The fourth-order valence-corrected chi connectivity index (χ4v) is 1.56. The molecule has 12 heavy (non-hydrogen) atoms. The van der Waals surface area contributed by atoms with Crippen LogP contribution in [0.5, 0.6) is 0 Å². The summed E-state index contributed by atoms with van der Waals surface area (Å²) in [7, 11) is 0. The van der Waals surface area contributed by atoms with Gasteiger partial charge >= 0.3 is 0 Å². The van der Waals surface area contributed by atoms with Gasteiger partial charge < -0.3 is 5.32 Å². The van der Waals surface area contributed by atoms with Gasteiger partial charge in [0.2, 0.25) is 0 Å². The van der Waals surface area contributed by atoms with Gasteiger partial charge in [-0.1, -0.05) is 33.1 Å². The van der Waals surface area contributed by atoms with Crippen molar-refractivity contribution in [1.29, 1.82) is 0 Å². The maximum atomic E-state index is 3.62. The third kappa shape index (κ3) is 4.10. The van der Waals surface area contributed by atoms with Crippen LogP contribution in [-0.4, -0.2) is 12.6 Å². The molecule has 0 radical (unpaired) electrons. The summed E-state index contributed by atoms with van der Waals surface area (Å²) < 4.78 is 0. The molecule has 1 saturated carbocycles. The van der Waals surface area contributed by atoms with E-state index in [1.54, 1.807) is 0 Å². The number of unbranched alkanes of at least 4 members (excludes halogenated alkanes) is 1. The van der Waals surface area contributed by atoms with E-state index in [9.17, 15) is 0 Å². The highest BCUT2D eigenvalue weighted by molar-refractivity contribution is 4.81. The zero-order chi connectivity index (χ0) is 8.81. The van der Waals surface area contributed by atoms with Crippen molar-refractivity contribution in [3.05, 3.63) is 0 Å². The molecule has 1 rings (SSSR count). The first-order valence-corrected chi connectivity index (χ1v) is 5.60. The number of rotatable bonds is 7. The Morgan fingerprint density at radius 1 is 1.33 bits per heavy atom. The lowest BCUT2D eigenvalue weighted by Gasteiger charge is -2.14. The quantitative estimate of drug-likeness (QED) is 0.618. The predicted octanol–water partition coefficient (Wildman–Crippen LogP) is 2.95. The van der Waals surface area contributed by atoms with Crippen molar-refractivity contribution in [1.82, 2.24) is 5.32 Å². The Balaban J connectivity index is 1.98. The molecule has 0 aromatic heterocycles. The third-order valence-corrected chi connectivity index (χ3v) is 2.82. The smallest absolute Gasteiger partial charge is 0.00683 e. The number of hydrogen-bond acceptors (Lipinski definition) is 1. The molecule has 0 amide bonds. The van der Waals surface area contributed by atoms with E-state index in [1.807, 2.05) is 0 Å². The maximum absolute atomic E-state index is 3.62. The van der Waals surface area contributed by atoms with Crippen LogP contribution < -0.4 is 5.32 Å². The summed E-state index contributed by atoms with van der Waals surface area (Å²) in [6.45, 7) is 5.86. The molecular formula is C11H23N. The molecule has 1 unspecified atom stereocenters. The molecule has 1 atom stereocenters. The lowest BCUT2D eigenvalue weighted by molar-refractivity contribution is 0.418. The Kier molecular flexibility index (Phi) is 4.67. The van der Waals surface area contributed by atoms with E-state index in [0.29, 0.717) is 0 Å². The molecule has 0 aliphatic heterocycles. The molecule has 1 heteroatoms. The molecule has 0 heterocycles. The second kappa shape index (κ2) is 5.58. The Bertz CT molecular complexity index is 108. The lowest BCUT2D eigenvalue weighted by atomic mass is 9.99. The van der Waals surface area contributed by atoms with E-state index < -0.39 is 0 Å². The minimum absolute atomic E-state index is 0.890. The van der Waals surface area contributed by atoms with E-state index in [1.165, 1.54) is 45.1 Å². The first kappa shape index (κ1) is 10.0. The monoisotopic (exact) mass is 169 g/mol. The highest BCUT2D eigenvalue weighted by Gasteiger charge is 2.21. The van der Waals surface area contributed by atoms with Gasteiger partial charge in [0.05, 0.1) is 0 Å². The minimum Gasteiger partial charge on any atom is -0.314 e. The first-order valence-electron chi connectivity index (χ1n) is 5.60. The Hall–Kier alpha value is -0.0400. The van der Waals surface area contributed by atoms with Gasteiger partial charge in [0, 0.05) is 6.04 Å². The normalized spacial score (nSPS) is 19.5. The van der Waals surface area contributed by atoms with Crippen LogP contribution in [0.3, 0.4) is 0 Å². The summed E-state index contributed by atoms with van der Waals surface area (Å²) >= 11 is 0. The van der Waals surface area contributed by atoms with Crippen LogP contribution in [-0.2, 0) is 0 Å². The van der Waals surface area contributed by atoms with Crippen LogP contribution in [0.1, 0.15) is 52.4 Å². The summed E-state index contributed by atoms with van der Waals surface area (Å²) in [5.74, 6) is 0.936. The molecule has 0 spiro atoms. The maximum Gasteiger partial charge on any atom is 0.00683 e. The number of nitrogens with one attached hydrogen (secondary N) is 1. The zero-order valence-electron chi connectivity index (χ0n) is 8.60. The van der Waals surface area contributed by atoms with Crippen LogP contribution in [0.4, 0.5) is 0 Å². The van der Waals surface area contributed by atoms with Gasteiger partial charge in [0.15, 0.2) is 0 Å². The van der Waals surface area contributed by atoms with Crippen molar-refractivity contribution < 1.29 is 0 Å². The summed E-state index contributed by atoms with van der Waals surface area (Å²) in [5.41, 5.74) is 0. The highest BCUT2D eigenvalue weighted by Crippen LogP contribution is 2.20. The standard InChI is InChI=1S/C11H23N/c1-3-5-6-10(4-2)9-12-11-7-8-11/h10-12H,3-9H2,1-2H3. The van der Waals surface area contributed by atoms with E-state index in [-0.39, 0.29) is 0 Å². The van der Waals surface area contributed by atoms with Crippen molar-refractivity contribution >= 4 is 0 Å². The van der Waals surface area contributed by atoms with Gasteiger partial charge in [-0.25, -0.2) is 0 Å². The van der Waals surface area contributed by atoms with E-state index in [4.69, 9.17) is 0 Å². The van der Waals surface area contributed by atoms with Gasteiger partial charge in [-0.15, -0.1) is 0 Å². The minimum atomic E-state index is 0.890. The fraction of sp³-hybridized carbons (Fsp3) is 1.00. The molecule has 1 N–H and O–H groups in total. The molecule has 1 nitrogen and oxygen atoms in total. The largest absolute Gasteiger partial charge is 0.314 e. The Morgan fingerprint density at radius 3 is 2.58 bits per heavy atom. The summed E-state index contributed by atoms with van der Waals surface area (Å²) in [6.07, 6.45) is 8.37. The lowest BCUT2D eigenvalue weighted by Crippen LogP contribution is -2.24. The second-order valence-electron chi connectivity index (χ2n) is 4.10. The van der Waals surface area contributed by atoms with Crippen LogP contribution in [0.25, 0.3) is 0 Å². The molecule has 0 aromatic rings. The Labute approximate surface area is 76.9 Å². The van der Waals surface area contributed by atoms with Crippen LogP contribution >= 0.6 is 0 Å². The number of hydrogen-bond donors (Lipinski definition) is 1. The summed E-state index contributed by atoms with van der Waals surface area (Å²) in [5, 5.41) is 3.62. The van der Waals surface area contributed by atoms with Crippen LogP contribution in [0, 0.1) is 5.92 Å². The van der Waals surface area contributed by atoms with Gasteiger partial charge in [-0.3, -0.25) is 0 Å². The second-order valence-corrected chi connectivity index (χ2v) is 4.10. The molecule has 72 valence electrons. The van der Waals surface area contributed by atoms with Gasteiger partial charge in [-0.2, -0.15) is 0 Å². The molecule has 0 aromatic carbocycles. The average Bonchev–Trinajstić information content (AvgIpc) is 2.89. The topological polar surface area (TPSA) is 12.0 Å². The molecule has 1 aliphatic rings. The SMILES string of the molecule is CCCCC(CC)CNC1CC1. The van der Waals surface area contributed by atoms with Gasteiger partial charge in [0.25, 0.3) is 0 Å². The zero-order valence-corrected chi connectivity index (χ0v) is 8.60. The van der Waals surface area contributed by atoms with Crippen molar-refractivity contribution in [2.75, 3.05) is 6.54 Å². The Morgan fingerprint density at radius 2 is 2.08 bits per heavy atom. The van der Waals surface area contributed by atoms with Crippen LogP contribution in [0.15, 0.2) is 0 Å². The molecule has 0 bridgehead atoms. The molecular weight excluding hydrogens is 146 g/mol. The van der Waals surface area contributed by atoms with Crippen LogP contribution in [0.2, 0.25) is 0 Å². The van der Waals surface area contributed by atoms with E-state index >= 15 is 0 Å². The van der Waals surface area contributed by atoms with Crippen molar-refractivity contribution in [3.63, 3.8) is 0 Å². The van der Waals surface area contributed by atoms with Crippen molar-refractivity contribution in [2.45, 2.75) is 58.4 Å². The summed E-state index contributed by atoms with van der Waals surface area (Å²) in [6, 6.07) is 0.890. The van der Waals surface area contributed by atoms with E-state index in [0.717, 1.165) is 12.0 Å². The van der Waals surface area contributed by atoms with E-state index in [2.05, 4.69) is 19.2 Å². The molecule has 0 saturated heterocycles. The predicted molar refractivity (Wildman–Crippen MR) is 54.3 cm³/mol. The average molecular weight is 169 g/mol.